The second kappa shape index (κ2) is 4.89. The van der Waals surface area contributed by atoms with E-state index in [1.807, 2.05) is 36.4 Å². The molecule has 0 bridgehead atoms. The third kappa shape index (κ3) is 2.23. The minimum absolute atomic E-state index is 0.381. The van der Waals surface area contributed by atoms with Crippen molar-refractivity contribution in [3.8, 4) is 11.3 Å². The Bertz CT molecular complexity index is 569. The maximum atomic E-state index is 5.97. The molecule has 2 heterocycles. The minimum Gasteiger partial charge on any atom is -0.383 e. The Morgan fingerprint density at radius 2 is 2.32 bits per heavy atom. The molecule has 5 heteroatoms. The number of hydrogen-bond acceptors (Lipinski definition) is 4. The fourth-order valence-electron chi connectivity index (χ4n) is 2.61. The van der Waals surface area contributed by atoms with Crippen LogP contribution in [0.25, 0.3) is 11.3 Å². The summed E-state index contributed by atoms with van der Waals surface area (Å²) in [6, 6.07) is 3.92. The Morgan fingerprint density at radius 3 is 2.95 bits per heavy atom. The summed E-state index contributed by atoms with van der Waals surface area (Å²) in [5, 5.41) is 0. The highest BCUT2D eigenvalue weighted by molar-refractivity contribution is 8.00. The molecule has 0 unspecified atom stereocenters. The van der Waals surface area contributed by atoms with Crippen LogP contribution < -0.4 is 5.73 Å². The van der Waals surface area contributed by atoms with Crippen molar-refractivity contribution in [3.63, 3.8) is 0 Å². The van der Waals surface area contributed by atoms with Gasteiger partial charge in [-0.25, -0.2) is 9.97 Å². The van der Waals surface area contributed by atoms with Gasteiger partial charge in [-0.2, -0.15) is 11.8 Å². The van der Waals surface area contributed by atoms with Gasteiger partial charge >= 0.3 is 0 Å². The van der Waals surface area contributed by atoms with E-state index in [-0.39, 0.29) is 0 Å². The summed E-state index contributed by atoms with van der Waals surface area (Å²) in [6.45, 7) is 0.998. The molecule has 1 aliphatic rings. The number of imidazole rings is 1. The van der Waals surface area contributed by atoms with E-state index in [1.54, 1.807) is 6.20 Å². The standard InChI is InChI=1S/C14H18N4S/c1-19-14(5-3-6-14)9-18-10-16-8-12(18)11-4-2-7-17-13(11)15/h2,4,7-8,10H,3,5-6,9H2,1H3,(H2,15,17). The quantitative estimate of drug-likeness (QED) is 0.931. The molecule has 0 amide bonds. The van der Waals surface area contributed by atoms with Crippen LogP contribution in [0.1, 0.15) is 19.3 Å². The van der Waals surface area contributed by atoms with Crippen LogP contribution in [0.5, 0.6) is 0 Å². The number of hydrogen-bond donors (Lipinski definition) is 1. The fourth-order valence-corrected chi connectivity index (χ4v) is 3.58. The summed E-state index contributed by atoms with van der Waals surface area (Å²) in [4.78, 5) is 8.45. The van der Waals surface area contributed by atoms with Gasteiger partial charge in [-0.05, 0) is 31.2 Å². The summed E-state index contributed by atoms with van der Waals surface area (Å²) in [5.74, 6) is 0.566. The first-order valence-corrected chi connectivity index (χ1v) is 7.73. The van der Waals surface area contributed by atoms with Crippen LogP contribution in [0.15, 0.2) is 30.9 Å². The molecule has 0 spiro atoms. The summed E-state index contributed by atoms with van der Waals surface area (Å²) < 4.78 is 2.59. The Morgan fingerprint density at radius 1 is 1.47 bits per heavy atom. The zero-order chi connectivity index (χ0) is 13.3. The van der Waals surface area contributed by atoms with Crippen LogP contribution in [-0.2, 0) is 6.54 Å². The number of nitrogens with two attached hydrogens (primary N) is 1. The van der Waals surface area contributed by atoms with E-state index in [4.69, 9.17) is 5.73 Å². The van der Waals surface area contributed by atoms with Crippen molar-refractivity contribution in [1.29, 1.82) is 0 Å². The molecule has 1 aliphatic carbocycles. The summed E-state index contributed by atoms with van der Waals surface area (Å²) in [6.07, 6.45) is 11.6. The van der Waals surface area contributed by atoms with Crippen LogP contribution >= 0.6 is 11.8 Å². The highest BCUT2D eigenvalue weighted by atomic mass is 32.2. The molecule has 100 valence electrons. The average molecular weight is 274 g/mol. The van der Waals surface area contributed by atoms with Crippen LogP contribution in [-0.4, -0.2) is 25.5 Å². The number of aromatic nitrogens is 3. The van der Waals surface area contributed by atoms with Gasteiger partial charge in [0.15, 0.2) is 0 Å². The second-order valence-electron chi connectivity index (χ2n) is 5.08. The van der Waals surface area contributed by atoms with Crippen LogP contribution in [0, 0.1) is 0 Å². The Hall–Kier alpha value is -1.49. The van der Waals surface area contributed by atoms with Crippen molar-refractivity contribution in [1.82, 2.24) is 14.5 Å². The van der Waals surface area contributed by atoms with E-state index in [2.05, 4.69) is 20.8 Å². The molecule has 0 atom stereocenters. The van der Waals surface area contributed by atoms with E-state index in [0.29, 0.717) is 10.6 Å². The van der Waals surface area contributed by atoms with Gasteiger partial charge in [-0.1, -0.05) is 6.42 Å². The van der Waals surface area contributed by atoms with E-state index in [1.165, 1.54) is 19.3 Å². The van der Waals surface area contributed by atoms with E-state index < -0.39 is 0 Å². The van der Waals surface area contributed by atoms with E-state index in [0.717, 1.165) is 17.8 Å². The van der Waals surface area contributed by atoms with Crippen LogP contribution in [0.3, 0.4) is 0 Å². The van der Waals surface area contributed by atoms with Crippen molar-refractivity contribution >= 4 is 17.6 Å². The SMILES string of the molecule is CSC1(Cn2cncc2-c2cccnc2N)CCC1. The lowest BCUT2D eigenvalue weighted by Crippen LogP contribution is -2.37. The van der Waals surface area contributed by atoms with Gasteiger partial charge in [0.05, 0.1) is 18.2 Å². The van der Waals surface area contributed by atoms with Crippen molar-refractivity contribution < 1.29 is 0 Å². The summed E-state index contributed by atoms with van der Waals surface area (Å²) >= 11 is 1.97. The van der Waals surface area contributed by atoms with Crippen molar-refractivity contribution in [2.24, 2.45) is 0 Å². The Balaban J connectivity index is 1.93. The fraction of sp³-hybridized carbons (Fsp3) is 0.429. The molecule has 0 aliphatic heterocycles. The van der Waals surface area contributed by atoms with Crippen molar-refractivity contribution in [2.75, 3.05) is 12.0 Å². The Kier molecular flexibility index (Phi) is 3.22. The monoisotopic (exact) mass is 274 g/mol. The third-order valence-electron chi connectivity index (χ3n) is 3.98. The Labute approximate surface area is 117 Å². The smallest absolute Gasteiger partial charge is 0.132 e. The zero-order valence-corrected chi connectivity index (χ0v) is 11.9. The van der Waals surface area contributed by atoms with Gasteiger partial charge in [0.1, 0.15) is 5.82 Å². The molecule has 19 heavy (non-hydrogen) atoms. The number of anilines is 1. The lowest BCUT2D eigenvalue weighted by molar-refractivity contribution is 0.323. The molecule has 2 aromatic heterocycles. The maximum absolute atomic E-state index is 5.97. The first-order valence-electron chi connectivity index (χ1n) is 6.50. The molecule has 2 aromatic rings. The third-order valence-corrected chi connectivity index (χ3v) is 5.39. The zero-order valence-electron chi connectivity index (χ0n) is 11.0. The molecule has 1 saturated carbocycles. The molecule has 3 rings (SSSR count). The first-order chi connectivity index (χ1) is 9.24. The van der Waals surface area contributed by atoms with Gasteiger partial charge in [-0.15, -0.1) is 0 Å². The highest BCUT2D eigenvalue weighted by Crippen LogP contribution is 2.44. The lowest BCUT2D eigenvalue weighted by atomic mass is 9.84. The molecule has 0 aromatic carbocycles. The summed E-state index contributed by atoms with van der Waals surface area (Å²) in [7, 11) is 0. The lowest BCUT2D eigenvalue weighted by Gasteiger charge is -2.41. The molecular formula is C14H18N4S. The molecule has 4 nitrogen and oxygen atoms in total. The number of pyridine rings is 1. The predicted octanol–water partition coefficient (Wildman–Crippen LogP) is 2.81. The molecule has 0 saturated heterocycles. The highest BCUT2D eigenvalue weighted by Gasteiger charge is 2.36. The average Bonchev–Trinajstić information content (AvgIpc) is 2.82. The molecule has 2 N–H and O–H groups in total. The minimum atomic E-state index is 0.381. The molecule has 1 fully saturated rings. The van der Waals surface area contributed by atoms with Crippen LogP contribution in [0.2, 0.25) is 0 Å². The predicted molar refractivity (Wildman–Crippen MR) is 80.0 cm³/mol. The summed E-state index contributed by atoms with van der Waals surface area (Å²) in [5.41, 5.74) is 8.00. The topological polar surface area (TPSA) is 56.7 Å². The van der Waals surface area contributed by atoms with Gasteiger partial charge in [0.2, 0.25) is 0 Å². The molecule has 0 radical (unpaired) electrons. The number of nitrogens with zero attached hydrogens (tertiary/aromatic N) is 3. The largest absolute Gasteiger partial charge is 0.383 e. The second-order valence-corrected chi connectivity index (χ2v) is 6.36. The number of rotatable bonds is 4. The van der Waals surface area contributed by atoms with Gasteiger partial charge in [0.25, 0.3) is 0 Å². The normalized spacial score (nSPS) is 17.1. The molecular weight excluding hydrogens is 256 g/mol. The maximum Gasteiger partial charge on any atom is 0.132 e. The number of nitrogen functional groups attached to an aromatic ring is 1. The van der Waals surface area contributed by atoms with Crippen molar-refractivity contribution in [3.05, 3.63) is 30.9 Å². The van der Waals surface area contributed by atoms with E-state index >= 15 is 0 Å². The number of thioether (sulfide) groups is 1. The van der Waals surface area contributed by atoms with Gasteiger partial charge in [-0.3, -0.25) is 0 Å². The van der Waals surface area contributed by atoms with E-state index in [9.17, 15) is 0 Å². The van der Waals surface area contributed by atoms with Gasteiger partial charge < -0.3 is 10.3 Å². The first kappa shape index (κ1) is 12.5. The van der Waals surface area contributed by atoms with Crippen LogP contribution in [0.4, 0.5) is 5.82 Å². The van der Waals surface area contributed by atoms with Gasteiger partial charge in [0, 0.05) is 23.1 Å². The van der Waals surface area contributed by atoms with Crippen molar-refractivity contribution in [2.45, 2.75) is 30.6 Å².